The summed E-state index contributed by atoms with van der Waals surface area (Å²) in [6.07, 6.45) is 2.67. The number of nitrogens with two attached hydrogens (primary N) is 1. The lowest BCUT2D eigenvalue weighted by Crippen LogP contribution is -2.41. The fraction of sp³-hybridized carbons (Fsp3) is 0.636. The summed E-state index contributed by atoms with van der Waals surface area (Å²) in [4.78, 5) is 10.2. The minimum atomic E-state index is -3.79. The van der Waals surface area contributed by atoms with E-state index < -0.39 is 14.9 Å². The molecule has 1 aliphatic carbocycles. The van der Waals surface area contributed by atoms with Crippen molar-refractivity contribution >= 4 is 32.0 Å². The van der Waals surface area contributed by atoms with Gasteiger partial charge in [0, 0.05) is 12.1 Å². The largest absolute Gasteiger partial charge is 0.310 e. The van der Waals surface area contributed by atoms with Gasteiger partial charge in [0.25, 0.3) is 10.0 Å². The van der Waals surface area contributed by atoms with E-state index in [1.54, 1.807) is 0 Å². The fourth-order valence-electron chi connectivity index (χ4n) is 2.52. The molecule has 0 radical (unpaired) electrons. The van der Waals surface area contributed by atoms with Crippen molar-refractivity contribution in [3.8, 4) is 0 Å². The van der Waals surface area contributed by atoms with Gasteiger partial charge in [-0.2, -0.15) is 0 Å². The Morgan fingerprint density at radius 2 is 2.19 bits per heavy atom. The Morgan fingerprint density at radius 3 is 2.62 bits per heavy atom. The summed E-state index contributed by atoms with van der Waals surface area (Å²) in [5.41, 5.74) is 1.70. The van der Waals surface area contributed by atoms with Crippen molar-refractivity contribution in [2.75, 3.05) is 5.43 Å². The molecule has 1 unspecified atom stereocenters. The molecule has 118 valence electrons. The first-order chi connectivity index (χ1) is 9.67. The van der Waals surface area contributed by atoms with Crippen LogP contribution in [0.4, 0.5) is 10.7 Å². The molecule has 1 heterocycles. The number of nitrogen functional groups attached to an aromatic ring is 1. The van der Waals surface area contributed by atoms with Crippen LogP contribution in [0.3, 0.4) is 0 Å². The molecule has 1 atom stereocenters. The first-order valence-corrected chi connectivity index (χ1v) is 8.74. The van der Waals surface area contributed by atoms with Crippen molar-refractivity contribution in [1.29, 1.82) is 0 Å². The highest BCUT2D eigenvalue weighted by atomic mass is 32.2. The molecule has 1 fully saturated rings. The zero-order valence-corrected chi connectivity index (χ0v) is 13.4. The second kappa shape index (κ2) is 5.52. The number of sulfonamides is 1. The van der Waals surface area contributed by atoms with E-state index in [4.69, 9.17) is 5.84 Å². The fourth-order valence-corrected chi connectivity index (χ4v) is 5.22. The minimum Gasteiger partial charge on any atom is -0.310 e. The van der Waals surface area contributed by atoms with E-state index in [0.717, 1.165) is 36.7 Å². The van der Waals surface area contributed by atoms with Crippen LogP contribution in [0.15, 0.2) is 10.3 Å². The molecule has 0 aromatic carbocycles. The van der Waals surface area contributed by atoms with E-state index >= 15 is 0 Å². The van der Waals surface area contributed by atoms with Gasteiger partial charge in [0.15, 0.2) is 5.00 Å². The van der Waals surface area contributed by atoms with Gasteiger partial charge in [0.05, 0.1) is 4.92 Å². The summed E-state index contributed by atoms with van der Waals surface area (Å²) in [5.74, 6) is 5.19. The molecular weight excluding hydrogens is 316 g/mol. The zero-order chi connectivity index (χ0) is 15.8. The summed E-state index contributed by atoms with van der Waals surface area (Å²) >= 11 is 0.750. The quantitative estimate of drug-likeness (QED) is 0.428. The number of anilines is 1. The molecule has 4 N–H and O–H groups in total. The molecule has 21 heavy (non-hydrogen) atoms. The lowest BCUT2D eigenvalue weighted by molar-refractivity contribution is -0.383. The molecule has 0 saturated heterocycles. The molecule has 10 heteroatoms. The molecule has 1 aliphatic rings. The summed E-state index contributed by atoms with van der Waals surface area (Å²) in [5, 5.41) is 10.9. The number of nitro groups is 1. The van der Waals surface area contributed by atoms with Gasteiger partial charge in [-0.15, -0.1) is 0 Å². The number of hydrogen-bond acceptors (Lipinski definition) is 7. The Kier molecular flexibility index (Phi) is 4.24. The molecule has 1 saturated carbocycles. The first-order valence-electron chi connectivity index (χ1n) is 6.44. The van der Waals surface area contributed by atoms with Crippen molar-refractivity contribution < 1.29 is 13.3 Å². The van der Waals surface area contributed by atoms with Crippen molar-refractivity contribution in [2.24, 2.45) is 11.3 Å². The second-order valence-electron chi connectivity index (χ2n) is 5.74. The van der Waals surface area contributed by atoms with Crippen LogP contribution in [0, 0.1) is 15.5 Å². The number of hydrogen-bond donors (Lipinski definition) is 3. The maximum atomic E-state index is 12.4. The van der Waals surface area contributed by atoms with Crippen LogP contribution < -0.4 is 16.0 Å². The summed E-state index contributed by atoms with van der Waals surface area (Å²) in [6, 6.07) is 0.863. The van der Waals surface area contributed by atoms with E-state index in [1.807, 2.05) is 13.8 Å². The maximum absolute atomic E-state index is 12.4. The predicted octanol–water partition coefficient (Wildman–Crippen LogP) is 1.80. The van der Waals surface area contributed by atoms with Gasteiger partial charge in [0.1, 0.15) is 4.21 Å². The van der Waals surface area contributed by atoms with E-state index in [-0.39, 0.29) is 26.4 Å². The Balaban J connectivity index is 2.30. The third-order valence-corrected chi connectivity index (χ3v) is 6.84. The minimum absolute atomic E-state index is 0.0195. The molecule has 1 aromatic heterocycles. The van der Waals surface area contributed by atoms with Crippen molar-refractivity contribution in [3.05, 3.63) is 16.2 Å². The third kappa shape index (κ3) is 3.18. The number of nitrogens with zero attached hydrogens (tertiary/aromatic N) is 1. The summed E-state index contributed by atoms with van der Waals surface area (Å²) in [7, 11) is -3.79. The number of nitrogens with one attached hydrogen (secondary N) is 2. The van der Waals surface area contributed by atoms with Gasteiger partial charge in [-0.05, 0) is 18.3 Å². The molecule has 1 aromatic rings. The Morgan fingerprint density at radius 1 is 1.52 bits per heavy atom. The van der Waals surface area contributed by atoms with Crippen LogP contribution in [0.25, 0.3) is 0 Å². The van der Waals surface area contributed by atoms with Gasteiger partial charge >= 0.3 is 5.69 Å². The summed E-state index contributed by atoms with van der Waals surface area (Å²) in [6.45, 7) is 4.02. The molecule has 2 rings (SSSR count). The molecule has 0 amide bonds. The highest BCUT2D eigenvalue weighted by Crippen LogP contribution is 2.40. The third-order valence-electron chi connectivity index (χ3n) is 3.84. The molecule has 0 bridgehead atoms. The van der Waals surface area contributed by atoms with Gasteiger partial charge in [0.2, 0.25) is 0 Å². The van der Waals surface area contributed by atoms with E-state index in [9.17, 15) is 18.5 Å². The monoisotopic (exact) mass is 334 g/mol. The van der Waals surface area contributed by atoms with Gasteiger partial charge in [-0.1, -0.05) is 31.6 Å². The summed E-state index contributed by atoms with van der Waals surface area (Å²) < 4.78 is 27.3. The average molecular weight is 334 g/mol. The van der Waals surface area contributed by atoms with Crippen molar-refractivity contribution in [1.82, 2.24) is 4.72 Å². The highest BCUT2D eigenvalue weighted by Gasteiger charge is 2.38. The molecule has 0 spiro atoms. The van der Waals surface area contributed by atoms with Crippen LogP contribution in [0.1, 0.15) is 33.1 Å². The van der Waals surface area contributed by atoms with Crippen LogP contribution in [0.2, 0.25) is 0 Å². The standard InChI is InChI=1S/C11H18N4O4S2/c1-11(2)5-3-4-8(11)14-21(18,19)9-6-7(15(16)17)10(13-12)20-9/h6,8,13-14H,3-5,12H2,1-2H3. The first kappa shape index (κ1) is 16.1. The maximum Gasteiger partial charge on any atom is 0.306 e. The van der Waals surface area contributed by atoms with E-state index in [0.29, 0.717) is 0 Å². The second-order valence-corrected chi connectivity index (χ2v) is 8.73. The number of thiophene rings is 1. The van der Waals surface area contributed by atoms with Crippen LogP contribution in [-0.4, -0.2) is 19.4 Å². The van der Waals surface area contributed by atoms with Gasteiger partial charge in [-0.25, -0.2) is 19.0 Å². The topological polar surface area (TPSA) is 127 Å². The van der Waals surface area contributed by atoms with Crippen LogP contribution in [0.5, 0.6) is 0 Å². The Hall–Kier alpha value is -1.23. The number of hydrazine groups is 1. The normalized spacial score (nSPS) is 21.4. The van der Waals surface area contributed by atoms with E-state index in [2.05, 4.69) is 10.1 Å². The Bertz CT molecular complexity index is 653. The van der Waals surface area contributed by atoms with Crippen LogP contribution >= 0.6 is 11.3 Å². The number of rotatable bonds is 5. The van der Waals surface area contributed by atoms with Gasteiger partial charge < -0.3 is 5.43 Å². The van der Waals surface area contributed by atoms with Gasteiger partial charge in [-0.3, -0.25) is 10.1 Å². The lowest BCUT2D eigenvalue weighted by Gasteiger charge is -2.27. The van der Waals surface area contributed by atoms with Crippen molar-refractivity contribution in [3.63, 3.8) is 0 Å². The highest BCUT2D eigenvalue weighted by molar-refractivity contribution is 7.91. The SMILES string of the molecule is CC1(C)CCCC1NS(=O)(=O)c1cc([N+](=O)[O-])c(NN)s1. The lowest BCUT2D eigenvalue weighted by atomic mass is 9.88. The molecule has 8 nitrogen and oxygen atoms in total. The van der Waals surface area contributed by atoms with Crippen LogP contribution in [-0.2, 0) is 10.0 Å². The Labute approximate surface area is 126 Å². The van der Waals surface area contributed by atoms with E-state index in [1.165, 1.54) is 0 Å². The van der Waals surface area contributed by atoms with Crippen molar-refractivity contribution in [2.45, 2.75) is 43.4 Å². The predicted molar refractivity (Wildman–Crippen MR) is 80.5 cm³/mol. The average Bonchev–Trinajstić information content (AvgIpc) is 2.93. The zero-order valence-electron chi connectivity index (χ0n) is 11.8. The smallest absolute Gasteiger partial charge is 0.306 e. The molecular formula is C11H18N4O4S2. The molecule has 0 aliphatic heterocycles.